The maximum atomic E-state index is 11.4. The van der Waals surface area contributed by atoms with Crippen LogP contribution in [0.4, 0.5) is 0 Å². The number of aromatic nitrogens is 2. The predicted molar refractivity (Wildman–Crippen MR) is 53.5 cm³/mol. The highest BCUT2D eigenvalue weighted by atomic mass is 16.6. The summed E-state index contributed by atoms with van der Waals surface area (Å²) in [5, 5.41) is 3.85. The molecule has 0 unspecified atom stereocenters. The van der Waals surface area contributed by atoms with Crippen LogP contribution in [0.3, 0.4) is 0 Å². The van der Waals surface area contributed by atoms with Crippen LogP contribution in [-0.4, -0.2) is 27.6 Å². The summed E-state index contributed by atoms with van der Waals surface area (Å²) in [5.41, 5.74) is -0.198. The molecule has 1 aromatic heterocycles. The summed E-state index contributed by atoms with van der Waals surface area (Å²) in [4.78, 5) is 21.7. The third kappa shape index (κ3) is 3.93. The van der Waals surface area contributed by atoms with E-state index in [2.05, 4.69) is 5.10 Å². The number of carbonyl (C=O) groups excluding carboxylic acids is 2. The molecule has 0 amide bonds. The van der Waals surface area contributed by atoms with E-state index in [1.807, 2.05) is 0 Å². The average Bonchev–Trinajstić information content (AvgIpc) is 2.48. The standard InChI is InChI=1S/C10H14N2O3/c1-10(2,3)15-9(14)6-12-5-4-8(7-13)11-12/h4-5,7H,6H2,1-3H3. The molecule has 1 heterocycles. The van der Waals surface area contributed by atoms with Gasteiger partial charge in [0.05, 0.1) is 0 Å². The van der Waals surface area contributed by atoms with Gasteiger partial charge in [0.25, 0.3) is 0 Å². The quantitative estimate of drug-likeness (QED) is 0.552. The highest BCUT2D eigenvalue weighted by molar-refractivity contribution is 5.72. The van der Waals surface area contributed by atoms with Crippen LogP contribution in [0, 0.1) is 0 Å². The summed E-state index contributed by atoms with van der Waals surface area (Å²) in [6.07, 6.45) is 2.19. The van der Waals surface area contributed by atoms with E-state index >= 15 is 0 Å². The summed E-state index contributed by atoms with van der Waals surface area (Å²) < 4.78 is 6.47. The summed E-state index contributed by atoms with van der Waals surface area (Å²) >= 11 is 0. The van der Waals surface area contributed by atoms with E-state index in [4.69, 9.17) is 4.74 Å². The third-order valence-corrected chi connectivity index (χ3v) is 1.49. The van der Waals surface area contributed by atoms with Gasteiger partial charge >= 0.3 is 5.97 Å². The maximum Gasteiger partial charge on any atom is 0.328 e. The molecule has 1 rings (SSSR count). The van der Waals surface area contributed by atoms with Crippen LogP contribution in [-0.2, 0) is 16.1 Å². The minimum atomic E-state index is -0.502. The molecule has 1 aromatic rings. The van der Waals surface area contributed by atoms with E-state index in [9.17, 15) is 9.59 Å². The number of hydrogen-bond donors (Lipinski definition) is 0. The van der Waals surface area contributed by atoms with Gasteiger partial charge in [-0.05, 0) is 26.8 Å². The molecule has 0 aliphatic carbocycles. The van der Waals surface area contributed by atoms with Crippen molar-refractivity contribution in [2.75, 3.05) is 0 Å². The zero-order chi connectivity index (χ0) is 11.5. The van der Waals surface area contributed by atoms with Crippen molar-refractivity contribution < 1.29 is 14.3 Å². The van der Waals surface area contributed by atoms with Crippen molar-refractivity contribution in [3.63, 3.8) is 0 Å². The predicted octanol–water partition coefficient (Wildman–Crippen LogP) is 1.04. The van der Waals surface area contributed by atoms with E-state index in [1.54, 1.807) is 27.0 Å². The molecule has 0 atom stereocenters. The van der Waals surface area contributed by atoms with Gasteiger partial charge < -0.3 is 4.74 Å². The van der Waals surface area contributed by atoms with E-state index in [1.165, 1.54) is 10.7 Å². The molecule has 0 radical (unpaired) electrons. The molecular formula is C10H14N2O3. The van der Waals surface area contributed by atoms with Crippen molar-refractivity contribution in [1.29, 1.82) is 0 Å². The molecule has 0 spiro atoms. The normalized spacial score (nSPS) is 11.1. The molecule has 0 saturated carbocycles. The summed E-state index contributed by atoms with van der Waals surface area (Å²) in [6.45, 7) is 5.41. The molecule has 5 heteroatoms. The molecule has 0 fully saturated rings. The second-order valence-corrected chi connectivity index (χ2v) is 4.14. The fourth-order valence-electron chi connectivity index (χ4n) is 1.03. The lowest BCUT2D eigenvalue weighted by Crippen LogP contribution is -2.26. The van der Waals surface area contributed by atoms with E-state index in [0.717, 1.165) is 0 Å². The van der Waals surface area contributed by atoms with Crippen LogP contribution in [0.2, 0.25) is 0 Å². The monoisotopic (exact) mass is 210 g/mol. The highest BCUT2D eigenvalue weighted by Crippen LogP contribution is 2.07. The van der Waals surface area contributed by atoms with Gasteiger partial charge in [-0.3, -0.25) is 14.3 Å². The number of rotatable bonds is 3. The molecule has 0 N–H and O–H groups in total. The third-order valence-electron chi connectivity index (χ3n) is 1.49. The number of nitrogens with zero attached hydrogens (tertiary/aromatic N) is 2. The molecule has 0 aliphatic rings. The Morgan fingerprint density at radius 1 is 1.60 bits per heavy atom. The van der Waals surface area contributed by atoms with Crippen molar-refractivity contribution in [3.8, 4) is 0 Å². The lowest BCUT2D eigenvalue weighted by atomic mass is 10.2. The first-order valence-corrected chi connectivity index (χ1v) is 4.61. The van der Waals surface area contributed by atoms with Gasteiger partial charge in [-0.15, -0.1) is 0 Å². The van der Waals surface area contributed by atoms with Crippen LogP contribution in [0.25, 0.3) is 0 Å². The van der Waals surface area contributed by atoms with Gasteiger partial charge in [0, 0.05) is 6.20 Å². The van der Waals surface area contributed by atoms with E-state index in [-0.39, 0.29) is 12.5 Å². The fraction of sp³-hybridized carbons (Fsp3) is 0.500. The molecule has 82 valence electrons. The molecule has 0 aliphatic heterocycles. The van der Waals surface area contributed by atoms with Crippen LogP contribution in [0.15, 0.2) is 12.3 Å². The molecule has 0 saturated heterocycles. The van der Waals surface area contributed by atoms with Gasteiger partial charge in [0.1, 0.15) is 17.8 Å². The fourth-order valence-corrected chi connectivity index (χ4v) is 1.03. The van der Waals surface area contributed by atoms with Crippen molar-refractivity contribution in [2.24, 2.45) is 0 Å². The first kappa shape index (κ1) is 11.4. The Kier molecular flexibility index (Phi) is 3.24. The van der Waals surface area contributed by atoms with Crippen molar-refractivity contribution in [1.82, 2.24) is 9.78 Å². The van der Waals surface area contributed by atoms with Crippen LogP contribution in [0.1, 0.15) is 31.3 Å². The van der Waals surface area contributed by atoms with Gasteiger partial charge in [-0.25, -0.2) is 0 Å². The Morgan fingerprint density at radius 3 is 2.73 bits per heavy atom. The lowest BCUT2D eigenvalue weighted by Gasteiger charge is -2.19. The largest absolute Gasteiger partial charge is 0.459 e. The smallest absolute Gasteiger partial charge is 0.328 e. The van der Waals surface area contributed by atoms with Crippen LogP contribution in [0.5, 0.6) is 0 Å². The number of aldehydes is 1. The maximum absolute atomic E-state index is 11.4. The zero-order valence-corrected chi connectivity index (χ0v) is 9.06. The summed E-state index contributed by atoms with van der Waals surface area (Å²) in [7, 11) is 0. The molecule has 0 aromatic carbocycles. The van der Waals surface area contributed by atoms with Gasteiger partial charge in [-0.2, -0.15) is 5.10 Å². The van der Waals surface area contributed by atoms with Crippen molar-refractivity contribution >= 4 is 12.3 Å². The van der Waals surface area contributed by atoms with Crippen LogP contribution >= 0.6 is 0 Å². The summed E-state index contributed by atoms with van der Waals surface area (Å²) in [6, 6.07) is 1.54. The number of ether oxygens (including phenoxy) is 1. The SMILES string of the molecule is CC(C)(C)OC(=O)Cn1ccc(C=O)n1. The minimum Gasteiger partial charge on any atom is -0.459 e. The average molecular weight is 210 g/mol. The first-order chi connectivity index (χ1) is 6.90. The van der Waals surface area contributed by atoms with Gasteiger partial charge in [0.15, 0.2) is 6.29 Å². The molecular weight excluding hydrogens is 196 g/mol. The number of hydrogen-bond acceptors (Lipinski definition) is 4. The Hall–Kier alpha value is -1.65. The van der Waals surface area contributed by atoms with Crippen molar-refractivity contribution in [2.45, 2.75) is 32.9 Å². The Morgan fingerprint density at radius 2 is 2.27 bits per heavy atom. The lowest BCUT2D eigenvalue weighted by molar-refractivity contribution is -0.155. The minimum absolute atomic E-state index is 0.0190. The second kappa shape index (κ2) is 4.25. The van der Waals surface area contributed by atoms with Gasteiger partial charge in [-0.1, -0.05) is 0 Å². The highest BCUT2D eigenvalue weighted by Gasteiger charge is 2.16. The van der Waals surface area contributed by atoms with Crippen LogP contribution < -0.4 is 0 Å². The molecule has 5 nitrogen and oxygen atoms in total. The van der Waals surface area contributed by atoms with E-state index in [0.29, 0.717) is 12.0 Å². The van der Waals surface area contributed by atoms with Crippen molar-refractivity contribution in [3.05, 3.63) is 18.0 Å². The topological polar surface area (TPSA) is 61.2 Å². The van der Waals surface area contributed by atoms with Gasteiger partial charge in [0.2, 0.25) is 0 Å². The Labute approximate surface area is 88.0 Å². The first-order valence-electron chi connectivity index (χ1n) is 4.61. The molecule has 0 bridgehead atoms. The van der Waals surface area contributed by atoms with E-state index < -0.39 is 5.60 Å². The Balaban J connectivity index is 2.55. The second-order valence-electron chi connectivity index (χ2n) is 4.14. The Bertz CT molecular complexity index is 363. The molecule has 15 heavy (non-hydrogen) atoms. The number of carbonyl (C=O) groups is 2. The zero-order valence-electron chi connectivity index (χ0n) is 9.06. The summed E-state index contributed by atoms with van der Waals surface area (Å²) in [5.74, 6) is -0.372. The number of esters is 1.